The van der Waals surface area contributed by atoms with Gasteiger partial charge in [-0.15, -0.1) is 0 Å². The van der Waals surface area contributed by atoms with Gasteiger partial charge in [-0.25, -0.2) is 4.79 Å². The third-order valence-corrected chi connectivity index (χ3v) is 4.20. The fraction of sp³-hybridized carbons (Fsp3) is 0.842. The third-order valence-electron chi connectivity index (χ3n) is 4.20. The van der Waals surface area contributed by atoms with E-state index in [2.05, 4.69) is 0 Å². The summed E-state index contributed by atoms with van der Waals surface area (Å²) in [5.41, 5.74) is -0.578. The Balaban J connectivity index is 2.90. The molecule has 1 fully saturated rings. The Kier molecular flexibility index (Phi) is 8.88. The topological polar surface area (TPSA) is 70.2 Å². The molecular weight excluding hydrogens is 334 g/mol. The van der Waals surface area contributed by atoms with Crippen LogP contribution in [0.5, 0.6) is 0 Å². The van der Waals surface area contributed by atoms with Crippen LogP contribution in [0, 0.1) is 0 Å². The lowest BCUT2D eigenvalue weighted by atomic mass is 10.2. The molecule has 1 rings (SSSR count). The maximum Gasteiger partial charge on any atom is 0.410 e. The molecule has 0 bridgehead atoms. The Morgan fingerprint density at radius 1 is 0.731 bits per heavy atom. The van der Waals surface area contributed by atoms with Crippen LogP contribution in [0.3, 0.4) is 0 Å². The van der Waals surface area contributed by atoms with Crippen LogP contribution < -0.4 is 0 Å². The van der Waals surface area contributed by atoms with Crippen molar-refractivity contribution in [1.82, 2.24) is 14.7 Å². The minimum absolute atomic E-state index is 0.0708. The summed E-state index contributed by atoms with van der Waals surface area (Å²) in [5.74, 6) is 0.142. The molecule has 0 aromatic carbocycles. The van der Waals surface area contributed by atoms with Gasteiger partial charge in [-0.1, -0.05) is 13.8 Å². The molecule has 0 aromatic heterocycles. The second kappa shape index (κ2) is 10.4. The van der Waals surface area contributed by atoms with Gasteiger partial charge in [-0.3, -0.25) is 9.59 Å². The minimum atomic E-state index is -0.578. The van der Waals surface area contributed by atoms with E-state index in [0.717, 1.165) is 12.8 Å². The molecule has 0 aromatic rings. The van der Waals surface area contributed by atoms with Crippen LogP contribution in [0.25, 0.3) is 0 Å². The molecule has 150 valence electrons. The number of carbonyl (C=O) groups excluding carboxylic acids is 3. The first kappa shape index (κ1) is 22.3. The zero-order chi connectivity index (χ0) is 19.7. The summed E-state index contributed by atoms with van der Waals surface area (Å²) in [6.45, 7) is 12.2. The smallest absolute Gasteiger partial charge is 0.410 e. The number of hydrogen-bond acceptors (Lipinski definition) is 4. The Morgan fingerprint density at radius 2 is 1.08 bits per heavy atom. The predicted octanol–water partition coefficient (Wildman–Crippen LogP) is 2.49. The van der Waals surface area contributed by atoms with Gasteiger partial charge >= 0.3 is 6.09 Å². The molecule has 3 amide bonds. The van der Waals surface area contributed by atoms with Crippen molar-refractivity contribution in [3.63, 3.8) is 0 Å². The fourth-order valence-corrected chi connectivity index (χ4v) is 2.81. The molecule has 0 N–H and O–H groups in total. The first-order valence-electron chi connectivity index (χ1n) is 9.71. The van der Waals surface area contributed by atoms with Crippen molar-refractivity contribution in [2.45, 2.75) is 65.9 Å². The number of rotatable bonds is 4. The molecule has 0 aliphatic carbocycles. The molecule has 0 unspecified atom stereocenters. The quantitative estimate of drug-likeness (QED) is 0.763. The number of amides is 3. The SMILES string of the molecule is CCCC(=O)N1CCN(C(=O)CCC)CCN(C(=O)OC(C)(C)C)CC1. The van der Waals surface area contributed by atoms with Gasteiger partial charge in [0.15, 0.2) is 0 Å². The standard InChI is InChI=1S/C19H35N3O4/c1-6-8-16(23)20-10-11-21(17(24)9-7-2)13-15-22(14-12-20)18(25)26-19(3,4)5/h6-15H2,1-5H3. The molecule has 0 atom stereocenters. The van der Waals surface area contributed by atoms with E-state index in [0.29, 0.717) is 52.1 Å². The van der Waals surface area contributed by atoms with Crippen LogP contribution in [-0.2, 0) is 14.3 Å². The van der Waals surface area contributed by atoms with Crippen LogP contribution in [0.1, 0.15) is 60.3 Å². The maximum absolute atomic E-state index is 12.5. The van der Waals surface area contributed by atoms with E-state index in [1.807, 2.05) is 34.6 Å². The predicted molar refractivity (Wildman–Crippen MR) is 101 cm³/mol. The van der Waals surface area contributed by atoms with Crippen LogP contribution >= 0.6 is 0 Å². The molecule has 0 spiro atoms. The molecule has 1 aliphatic heterocycles. The number of hydrogen-bond donors (Lipinski definition) is 0. The van der Waals surface area contributed by atoms with E-state index in [1.54, 1.807) is 14.7 Å². The van der Waals surface area contributed by atoms with Gasteiger partial charge in [-0.05, 0) is 33.6 Å². The van der Waals surface area contributed by atoms with Crippen molar-refractivity contribution >= 4 is 17.9 Å². The summed E-state index contributed by atoms with van der Waals surface area (Å²) in [4.78, 5) is 42.4. The second-order valence-electron chi connectivity index (χ2n) is 7.73. The molecule has 7 heteroatoms. The third kappa shape index (κ3) is 7.62. The molecule has 26 heavy (non-hydrogen) atoms. The zero-order valence-corrected chi connectivity index (χ0v) is 17.0. The number of carbonyl (C=O) groups is 3. The lowest BCUT2D eigenvalue weighted by Crippen LogP contribution is -2.44. The van der Waals surface area contributed by atoms with Gasteiger partial charge in [0.05, 0.1) is 0 Å². The van der Waals surface area contributed by atoms with Crippen molar-refractivity contribution in [3.05, 3.63) is 0 Å². The van der Waals surface area contributed by atoms with Crippen LogP contribution in [0.15, 0.2) is 0 Å². The molecule has 0 saturated carbocycles. The molecule has 1 aliphatic rings. The second-order valence-corrected chi connectivity index (χ2v) is 7.73. The van der Waals surface area contributed by atoms with Gasteiger partial charge < -0.3 is 19.4 Å². The summed E-state index contributed by atoms with van der Waals surface area (Å²) >= 11 is 0. The normalized spacial score (nSPS) is 16.6. The fourth-order valence-electron chi connectivity index (χ4n) is 2.81. The van der Waals surface area contributed by atoms with Crippen molar-refractivity contribution in [2.75, 3.05) is 39.3 Å². The molecule has 1 heterocycles. The summed E-state index contributed by atoms with van der Waals surface area (Å²) in [5, 5.41) is 0. The summed E-state index contributed by atoms with van der Waals surface area (Å²) in [6.07, 6.45) is 2.13. The van der Waals surface area contributed by atoms with E-state index in [-0.39, 0.29) is 11.8 Å². The van der Waals surface area contributed by atoms with Crippen LogP contribution in [0.4, 0.5) is 4.79 Å². The number of ether oxygens (including phenoxy) is 1. The highest BCUT2D eigenvalue weighted by atomic mass is 16.6. The highest BCUT2D eigenvalue weighted by Crippen LogP contribution is 2.12. The van der Waals surface area contributed by atoms with Gasteiger partial charge in [0.25, 0.3) is 0 Å². The largest absolute Gasteiger partial charge is 0.444 e. The lowest BCUT2D eigenvalue weighted by Gasteiger charge is -2.29. The van der Waals surface area contributed by atoms with Gasteiger partial charge in [0, 0.05) is 52.1 Å². The minimum Gasteiger partial charge on any atom is -0.444 e. The van der Waals surface area contributed by atoms with Crippen molar-refractivity contribution in [3.8, 4) is 0 Å². The first-order valence-corrected chi connectivity index (χ1v) is 9.71. The van der Waals surface area contributed by atoms with Gasteiger partial charge in [0.2, 0.25) is 11.8 Å². The molecular formula is C19H35N3O4. The van der Waals surface area contributed by atoms with E-state index in [1.165, 1.54) is 0 Å². The van der Waals surface area contributed by atoms with Crippen molar-refractivity contribution in [2.24, 2.45) is 0 Å². The average Bonchev–Trinajstić information content (AvgIpc) is 2.64. The Morgan fingerprint density at radius 3 is 1.38 bits per heavy atom. The summed E-state index contributed by atoms with van der Waals surface area (Å²) < 4.78 is 5.48. The monoisotopic (exact) mass is 369 g/mol. The Hall–Kier alpha value is -1.79. The van der Waals surface area contributed by atoms with Crippen LogP contribution in [-0.4, -0.2) is 77.5 Å². The summed E-state index contributed by atoms with van der Waals surface area (Å²) in [7, 11) is 0. The van der Waals surface area contributed by atoms with Gasteiger partial charge in [-0.2, -0.15) is 0 Å². The Labute approximate surface area is 157 Å². The molecule has 0 radical (unpaired) electrons. The van der Waals surface area contributed by atoms with Crippen LogP contribution in [0.2, 0.25) is 0 Å². The van der Waals surface area contributed by atoms with E-state index in [9.17, 15) is 14.4 Å². The molecule has 7 nitrogen and oxygen atoms in total. The zero-order valence-electron chi connectivity index (χ0n) is 17.0. The van der Waals surface area contributed by atoms with E-state index >= 15 is 0 Å². The van der Waals surface area contributed by atoms with Crippen molar-refractivity contribution in [1.29, 1.82) is 0 Å². The van der Waals surface area contributed by atoms with E-state index < -0.39 is 11.7 Å². The molecule has 1 saturated heterocycles. The maximum atomic E-state index is 12.5. The average molecular weight is 370 g/mol. The number of nitrogens with zero attached hydrogens (tertiary/aromatic N) is 3. The lowest BCUT2D eigenvalue weighted by molar-refractivity contribution is -0.134. The van der Waals surface area contributed by atoms with E-state index in [4.69, 9.17) is 4.74 Å². The summed E-state index contributed by atoms with van der Waals surface area (Å²) in [6, 6.07) is 0. The first-order chi connectivity index (χ1) is 12.2. The van der Waals surface area contributed by atoms with Crippen molar-refractivity contribution < 1.29 is 19.1 Å². The Bertz CT molecular complexity index is 458. The highest BCUT2D eigenvalue weighted by Gasteiger charge is 2.26. The van der Waals surface area contributed by atoms with Gasteiger partial charge in [0.1, 0.15) is 5.60 Å². The highest BCUT2D eigenvalue weighted by molar-refractivity contribution is 5.77.